The number of phosphoric ester groups is 3. The summed E-state index contributed by atoms with van der Waals surface area (Å²) in [5.74, 6) is -1.18. The van der Waals surface area contributed by atoms with Crippen LogP contribution in [-0.4, -0.2) is 224 Å². The van der Waals surface area contributed by atoms with Crippen LogP contribution in [0.3, 0.4) is 0 Å². The van der Waals surface area contributed by atoms with Gasteiger partial charge in [0.15, 0.2) is 52.2 Å². The molecule has 0 bridgehead atoms. The molecule has 0 saturated carbocycles. The quantitative estimate of drug-likeness (QED) is 0.0343. The fourth-order valence-corrected chi connectivity index (χ4v) is 16.5. The minimum Gasteiger partial charge on any atom is -0.479 e. The number of ether oxygens (including phenoxy) is 9. The van der Waals surface area contributed by atoms with E-state index < -0.39 is 132 Å². The molecule has 546 valence electrons. The van der Waals surface area contributed by atoms with Crippen LogP contribution in [0.15, 0.2) is 19.0 Å². The molecule has 6 aliphatic heterocycles. The minimum atomic E-state index is -4.10. The molecule has 18 atom stereocenters. The summed E-state index contributed by atoms with van der Waals surface area (Å²) < 4.78 is 141. The molecule has 6 aromatic rings. The van der Waals surface area contributed by atoms with Gasteiger partial charge in [-0.15, -0.1) is 0 Å². The third-order valence-corrected chi connectivity index (χ3v) is 20.5. The van der Waals surface area contributed by atoms with Crippen molar-refractivity contribution in [1.82, 2.24) is 58.6 Å². The third kappa shape index (κ3) is 15.6. The van der Waals surface area contributed by atoms with Gasteiger partial charge in [-0.25, -0.2) is 28.6 Å². The SMILES string of the molecule is CCOC(=O)C[C@H](C)OP1(=O)OC[C@H]2O[C@@H](n3cnc4c(OC)nc(N)nc43)[C@](C)(O)[C@@H]2O1.CCOC(=O)C[C@H](C)O[P@@]1(=O)OC[C@H]2O[C@@H](n3cnc4c(OC)nc(N)nc43)[C@](C)(O)[C@@H]2O1.CCOC(=O)C[C@H](C)O[P@]1(=O)OC[C@H]2O[C@@H](n3cnc4c(OC)nc(N)nc43)[C@](C)(O)[C@@H]2O1. The highest BCUT2D eigenvalue weighted by atomic mass is 31.2. The first-order chi connectivity index (χ1) is 46.7. The number of esters is 3. The lowest BCUT2D eigenvalue weighted by Crippen LogP contribution is -2.47. The van der Waals surface area contributed by atoms with Crippen LogP contribution in [0.4, 0.5) is 17.8 Å². The summed E-state index contributed by atoms with van der Waals surface area (Å²) in [5.41, 5.74) is 14.0. The van der Waals surface area contributed by atoms with Gasteiger partial charge in [0.25, 0.3) is 0 Å². The molecule has 99 heavy (non-hydrogen) atoms. The first-order valence-corrected chi connectivity index (χ1v) is 35.2. The zero-order valence-corrected chi connectivity index (χ0v) is 58.3. The normalized spacial score (nSPS) is 32.5. The van der Waals surface area contributed by atoms with Gasteiger partial charge in [-0.2, -0.15) is 29.9 Å². The average molecular weight is 1460 g/mol. The van der Waals surface area contributed by atoms with Gasteiger partial charge in [-0.05, 0) is 62.3 Å². The number of anilines is 3. The highest BCUT2D eigenvalue weighted by molar-refractivity contribution is 7.49. The Bertz CT molecular complexity index is 3680. The molecule has 12 rings (SSSR count). The van der Waals surface area contributed by atoms with Gasteiger partial charge < -0.3 is 75.2 Å². The van der Waals surface area contributed by atoms with E-state index in [0.717, 1.165) is 0 Å². The molecule has 6 aromatic heterocycles. The number of hydrogen-bond acceptors (Lipinski definition) is 39. The highest BCUT2D eigenvalue weighted by Gasteiger charge is 2.63. The van der Waals surface area contributed by atoms with E-state index in [0.29, 0.717) is 16.6 Å². The van der Waals surface area contributed by atoms with E-state index in [1.807, 2.05) is 0 Å². The summed E-state index contributed by atoms with van der Waals surface area (Å²) in [5, 5.41) is 34.0. The number of nitrogen functional groups attached to an aromatic ring is 3. The van der Waals surface area contributed by atoms with E-state index in [9.17, 15) is 43.4 Å². The summed E-state index contributed by atoms with van der Waals surface area (Å²) in [7, 11) is -8.06. The molecule has 0 aromatic carbocycles. The van der Waals surface area contributed by atoms with Crippen molar-refractivity contribution in [3.05, 3.63) is 19.0 Å². The summed E-state index contributed by atoms with van der Waals surface area (Å²) >= 11 is 0. The Morgan fingerprint density at radius 3 is 0.980 bits per heavy atom. The van der Waals surface area contributed by atoms with Crippen molar-refractivity contribution in [2.75, 3.05) is 78.2 Å². The number of nitrogens with zero attached hydrogens (tertiary/aromatic N) is 12. The molecule has 6 saturated heterocycles. The number of nitrogens with two attached hydrogens (primary N) is 3. The summed E-state index contributed by atoms with van der Waals surface area (Å²) in [6.45, 7) is 14.2. The topological polar surface area (TPSA) is 538 Å². The lowest BCUT2D eigenvalue weighted by Gasteiger charge is -2.35. The molecule has 0 radical (unpaired) electrons. The van der Waals surface area contributed by atoms with Crippen molar-refractivity contribution in [2.24, 2.45) is 0 Å². The van der Waals surface area contributed by atoms with Gasteiger partial charge in [0.2, 0.25) is 35.5 Å². The van der Waals surface area contributed by atoms with Crippen molar-refractivity contribution in [1.29, 1.82) is 0 Å². The van der Waals surface area contributed by atoms with Crippen molar-refractivity contribution < 1.29 is 127 Å². The van der Waals surface area contributed by atoms with E-state index in [1.54, 1.807) is 20.8 Å². The Kier molecular flexibility index (Phi) is 22.2. The number of aliphatic hydroxyl groups is 3. The van der Waals surface area contributed by atoms with Crippen molar-refractivity contribution >= 4 is 92.7 Å². The van der Waals surface area contributed by atoms with Crippen LogP contribution >= 0.6 is 23.5 Å². The Hall–Kier alpha value is -7.05. The summed E-state index contributed by atoms with van der Waals surface area (Å²) in [6.07, 6.45) is -7.29. The molecular formula is C54H78N15O27P3. The number of hydrogen-bond donors (Lipinski definition) is 6. The number of phosphoric acid groups is 3. The van der Waals surface area contributed by atoms with E-state index in [4.69, 9.17) is 101 Å². The number of rotatable bonds is 21. The first-order valence-electron chi connectivity index (χ1n) is 30.8. The molecule has 6 fully saturated rings. The fourth-order valence-electron chi connectivity index (χ4n) is 11.6. The van der Waals surface area contributed by atoms with Gasteiger partial charge in [0.05, 0.1) is 118 Å². The molecule has 0 aliphatic carbocycles. The Morgan fingerprint density at radius 1 is 0.495 bits per heavy atom. The molecule has 1 unspecified atom stereocenters. The smallest absolute Gasteiger partial charge is 0.475 e. The third-order valence-electron chi connectivity index (χ3n) is 15.8. The predicted octanol–water partition coefficient (Wildman–Crippen LogP) is 2.84. The maximum absolute atomic E-state index is 13.1. The Labute approximate surface area is 563 Å². The second kappa shape index (κ2) is 29.5. The zero-order chi connectivity index (χ0) is 71.9. The molecule has 6 aliphatic rings. The van der Waals surface area contributed by atoms with Crippen molar-refractivity contribution in [2.45, 2.75) is 172 Å². The van der Waals surface area contributed by atoms with Gasteiger partial charge in [0, 0.05) is 0 Å². The maximum Gasteiger partial charge on any atom is 0.475 e. The predicted molar refractivity (Wildman–Crippen MR) is 333 cm³/mol. The summed E-state index contributed by atoms with van der Waals surface area (Å²) in [6, 6.07) is 0. The van der Waals surface area contributed by atoms with Crippen LogP contribution in [0.5, 0.6) is 17.6 Å². The fraction of sp³-hybridized carbons (Fsp3) is 0.667. The number of methoxy groups -OCH3 is 3. The Balaban J connectivity index is 0.000000161. The van der Waals surface area contributed by atoms with Gasteiger partial charge in [-0.3, -0.25) is 68.8 Å². The average Bonchev–Trinajstić information content (AvgIpc) is 1.60. The minimum absolute atomic E-state index is 0.0516. The number of imidazole rings is 3. The Morgan fingerprint density at radius 2 is 0.747 bits per heavy atom. The molecule has 42 nitrogen and oxygen atoms in total. The maximum atomic E-state index is 13.1. The second-order valence-electron chi connectivity index (χ2n) is 23.6. The highest BCUT2D eigenvalue weighted by Crippen LogP contribution is 2.62. The van der Waals surface area contributed by atoms with Crippen molar-refractivity contribution in [3.63, 3.8) is 0 Å². The molecule has 0 spiro atoms. The van der Waals surface area contributed by atoms with Crippen LogP contribution < -0.4 is 31.4 Å². The number of carbonyl (C=O) groups is 3. The van der Waals surface area contributed by atoms with E-state index in [2.05, 4.69) is 44.9 Å². The monoisotopic (exact) mass is 1460 g/mol. The summed E-state index contributed by atoms with van der Waals surface area (Å²) in [4.78, 5) is 72.2. The number of fused-ring (bicyclic) bond motifs is 6. The molecule has 12 heterocycles. The van der Waals surface area contributed by atoms with Crippen molar-refractivity contribution in [3.8, 4) is 17.6 Å². The standard InChI is InChI=1S/3C18H26N5O9P/c3*1-5-28-11(24)6-9(2)31-33(26)29-7-10-13(32-33)18(3,25)16(30-10)23-8-20-12-14(23)21-17(19)22-15(12)27-4/h3*8-10,13,16,25H,5-7H2,1-4H3,(H2,19,21,22)/t9-,10+,13+,16+,18+,33?;9-,10+,13+,16+,18+,33+;9-,10+,13+,16+,18+,33-/m000/s1. The van der Waals surface area contributed by atoms with Crippen LogP contribution in [-0.2, 0) is 97.2 Å². The second-order valence-corrected chi connectivity index (χ2v) is 28.3. The zero-order valence-electron chi connectivity index (χ0n) is 55.6. The van der Waals surface area contributed by atoms with E-state index >= 15 is 0 Å². The van der Waals surface area contributed by atoms with Crippen LogP contribution in [0, 0.1) is 0 Å². The number of aromatic nitrogens is 12. The first kappa shape index (κ1) is 74.6. The largest absolute Gasteiger partial charge is 0.479 e. The van der Waals surface area contributed by atoms with E-state index in [-0.39, 0.29) is 111 Å². The molecule has 9 N–H and O–H groups in total. The lowest BCUT2D eigenvalue weighted by atomic mass is 9.96. The molecule has 0 amide bonds. The van der Waals surface area contributed by atoms with Gasteiger partial charge >= 0.3 is 41.4 Å². The number of carbonyl (C=O) groups excluding carboxylic acids is 3. The van der Waals surface area contributed by atoms with E-state index in [1.165, 1.54) is 95.6 Å². The molecular weight excluding hydrogens is 1380 g/mol. The van der Waals surface area contributed by atoms with Crippen LogP contribution in [0.25, 0.3) is 33.5 Å². The molecule has 45 heteroatoms. The van der Waals surface area contributed by atoms with Gasteiger partial charge in [-0.1, -0.05) is 0 Å². The van der Waals surface area contributed by atoms with Crippen LogP contribution in [0.2, 0.25) is 0 Å². The van der Waals surface area contributed by atoms with Gasteiger partial charge in [0.1, 0.15) is 53.4 Å². The van der Waals surface area contributed by atoms with Crippen LogP contribution in [0.1, 0.15) is 100 Å². The lowest BCUT2D eigenvalue weighted by molar-refractivity contribution is -0.146.